The van der Waals surface area contributed by atoms with Gasteiger partial charge in [-0.25, -0.2) is 4.79 Å². The molecule has 0 bridgehead atoms. The maximum atomic E-state index is 12.3. The van der Waals surface area contributed by atoms with Crippen LogP contribution in [-0.4, -0.2) is 36.3 Å². The minimum atomic E-state index is -0.470. The van der Waals surface area contributed by atoms with Crippen molar-refractivity contribution in [2.75, 3.05) is 25.4 Å². The van der Waals surface area contributed by atoms with Crippen LogP contribution in [0.4, 0.5) is 10.5 Å². The summed E-state index contributed by atoms with van der Waals surface area (Å²) < 4.78 is 11.2. The number of benzene rings is 1. The number of rotatable bonds is 4. The molecule has 0 aliphatic carbocycles. The van der Waals surface area contributed by atoms with Crippen molar-refractivity contribution in [3.05, 3.63) is 23.8 Å². The van der Waals surface area contributed by atoms with Gasteiger partial charge in [-0.05, 0) is 57.7 Å². The van der Waals surface area contributed by atoms with Gasteiger partial charge in [0.1, 0.15) is 11.4 Å². The first-order valence-corrected chi connectivity index (χ1v) is 8.79. The third kappa shape index (κ3) is 5.32. The Kier molecular flexibility index (Phi) is 5.97. The number of piperidine rings is 1. The van der Waals surface area contributed by atoms with E-state index in [-0.39, 0.29) is 12.0 Å². The van der Waals surface area contributed by atoms with E-state index in [4.69, 9.17) is 15.2 Å². The van der Waals surface area contributed by atoms with Gasteiger partial charge in [0.25, 0.3) is 0 Å². The van der Waals surface area contributed by atoms with Crippen LogP contribution in [-0.2, 0) is 4.74 Å². The molecule has 1 atom stereocenters. The van der Waals surface area contributed by atoms with Gasteiger partial charge in [-0.15, -0.1) is 0 Å². The van der Waals surface area contributed by atoms with E-state index < -0.39 is 5.60 Å². The van der Waals surface area contributed by atoms with Gasteiger partial charge < -0.3 is 20.1 Å². The normalized spacial score (nSPS) is 18.3. The van der Waals surface area contributed by atoms with Gasteiger partial charge in [0.05, 0.1) is 6.61 Å². The van der Waals surface area contributed by atoms with E-state index in [0.717, 1.165) is 37.1 Å². The summed E-state index contributed by atoms with van der Waals surface area (Å²) >= 11 is 0. The average molecular weight is 334 g/mol. The summed E-state index contributed by atoms with van der Waals surface area (Å²) in [5.74, 6) is 1.07. The maximum Gasteiger partial charge on any atom is 0.410 e. The molecule has 0 saturated carbocycles. The molecular formula is C19H30N2O3. The molecule has 1 aromatic rings. The number of nitrogens with two attached hydrogens (primary N) is 1. The molecule has 1 fully saturated rings. The van der Waals surface area contributed by atoms with E-state index in [2.05, 4.69) is 13.0 Å². The van der Waals surface area contributed by atoms with Crippen LogP contribution in [0.25, 0.3) is 0 Å². The van der Waals surface area contributed by atoms with Crippen molar-refractivity contribution >= 4 is 11.8 Å². The predicted octanol–water partition coefficient (Wildman–Crippen LogP) is 4.17. The van der Waals surface area contributed by atoms with E-state index in [9.17, 15) is 4.79 Å². The summed E-state index contributed by atoms with van der Waals surface area (Å²) in [4.78, 5) is 14.1. The number of nitrogen functional groups attached to an aromatic ring is 1. The highest BCUT2D eigenvalue weighted by atomic mass is 16.6. The van der Waals surface area contributed by atoms with Crippen LogP contribution in [0.5, 0.6) is 5.75 Å². The summed E-state index contributed by atoms with van der Waals surface area (Å²) in [5.41, 5.74) is 7.40. The number of hydrogen-bond acceptors (Lipinski definition) is 4. The smallest absolute Gasteiger partial charge is 0.410 e. The van der Waals surface area contributed by atoms with Crippen LogP contribution >= 0.6 is 0 Å². The maximum absolute atomic E-state index is 12.3. The second-order valence-corrected chi connectivity index (χ2v) is 7.45. The Morgan fingerprint density at radius 2 is 2.08 bits per heavy atom. The Morgan fingerprint density at radius 1 is 1.33 bits per heavy atom. The number of carbonyl (C=O) groups is 1. The SMILES string of the molecule is CCCOc1cc(N)cc(C2CCCN(C(=O)OC(C)(C)C)C2)c1. The zero-order valence-electron chi connectivity index (χ0n) is 15.3. The molecule has 1 aliphatic rings. The highest BCUT2D eigenvalue weighted by Crippen LogP contribution is 2.31. The third-order valence-electron chi connectivity index (χ3n) is 3.97. The Bertz CT molecular complexity index is 566. The number of hydrogen-bond donors (Lipinski definition) is 1. The lowest BCUT2D eigenvalue weighted by Gasteiger charge is -2.34. The number of anilines is 1. The molecule has 1 saturated heterocycles. The lowest BCUT2D eigenvalue weighted by atomic mass is 9.90. The number of likely N-dealkylation sites (tertiary alicyclic amines) is 1. The van der Waals surface area contributed by atoms with Crippen molar-refractivity contribution < 1.29 is 14.3 Å². The van der Waals surface area contributed by atoms with E-state index >= 15 is 0 Å². The first kappa shape index (κ1) is 18.4. The molecule has 1 aliphatic heterocycles. The number of amides is 1. The summed E-state index contributed by atoms with van der Waals surface area (Å²) in [6, 6.07) is 5.89. The molecule has 5 heteroatoms. The molecule has 1 unspecified atom stereocenters. The molecule has 134 valence electrons. The second kappa shape index (κ2) is 7.77. The molecule has 0 spiro atoms. The molecule has 0 radical (unpaired) electrons. The highest BCUT2D eigenvalue weighted by Gasteiger charge is 2.28. The molecule has 1 amide bonds. The Balaban J connectivity index is 2.09. The van der Waals surface area contributed by atoms with E-state index in [1.807, 2.05) is 32.9 Å². The molecule has 2 rings (SSSR count). The topological polar surface area (TPSA) is 64.8 Å². The minimum absolute atomic E-state index is 0.237. The van der Waals surface area contributed by atoms with Gasteiger partial charge >= 0.3 is 6.09 Å². The van der Waals surface area contributed by atoms with Gasteiger partial charge in [0.2, 0.25) is 0 Å². The fourth-order valence-electron chi connectivity index (χ4n) is 2.93. The molecule has 2 N–H and O–H groups in total. The van der Waals surface area contributed by atoms with Crippen molar-refractivity contribution in [1.29, 1.82) is 0 Å². The third-order valence-corrected chi connectivity index (χ3v) is 3.97. The van der Waals surface area contributed by atoms with Gasteiger partial charge in [-0.1, -0.05) is 6.92 Å². The number of ether oxygens (including phenoxy) is 2. The van der Waals surface area contributed by atoms with Crippen LogP contribution in [0.1, 0.15) is 58.4 Å². The lowest BCUT2D eigenvalue weighted by molar-refractivity contribution is 0.0198. The zero-order chi connectivity index (χ0) is 17.7. The largest absolute Gasteiger partial charge is 0.494 e. The van der Waals surface area contributed by atoms with Crippen molar-refractivity contribution in [1.82, 2.24) is 4.90 Å². The second-order valence-electron chi connectivity index (χ2n) is 7.45. The summed E-state index contributed by atoms with van der Waals surface area (Å²) in [6.45, 7) is 9.83. The van der Waals surface area contributed by atoms with E-state index in [0.29, 0.717) is 18.8 Å². The number of nitrogens with zero attached hydrogens (tertiary/aromatic N) is 1. The molecule has 0 aromatic heterocycles. The van der Waals surface area contributed by atoms with Crippen molar-refractivity contribution in [2.24, 2.45) is 0 Å². The molecule has 24 heavy (non-hydrogen) atoms. The van der Waals surface area contributed by atoms with Crippen LogP contribution in [0, 0.1) is 0 Å². The average Bonchev–Trinajstić information content (AvgIpc) is 2.51. The Hall–Kier alpha value is -1.91. The summed E-state index contributed by atoms with van der Waals surface area (Å²) in [6.07, 6.45) is 2.72. The summed E-state index contributed by atoms with van der Waals surface area (Å²) in [5, 5.41) is 0. The van der Waals surface area contributed by atoms with Crippen molar-refractivity contribution in [3.8, 4) is 5.75 Å². The van der Waals surface area contributed by atoms with Crippen molar-refractivity contribution in [2.45, 2.75) is 58.5 Å². The van der Waals surface area contributed by atoms with Gasteiger partial charge in [-0.3, -0.25) is 0 Å². The lowest BCUT2D eigenvalue weighted by Crippen LogP contribution is -2.42. The first-order chi connectivity index (χ1) is 11.3. The van der Waals surface area contributed by atoms with Crippen LogP contribution in [0.3, 0.4) is 0 Å². The molecular weight excluding hydrogens is 304 g/mol. The predicted molar refractivity (Wildman–Crippen MR) is 96.4 cm³/mol. The van der Waals surface area contributed by atoms with Gasteiger partial charge in [0.15, 0.2) is 0 Å². The minimum Gasteiger partial charge on any atom is -0.494 e. The van der Waals surface area contributed by atoms with Crippen LogP contribution < -0.4 is 10.5 Å². The van der Waals surface area contributed by atoms with E-state index in [1.54, 1.807) is 4.90 Å². The Labute approximate surface area is 145 Å². The number of carbonyl (C=O) groups excluding carboxylic acids is 1. The van der Waals surface area contributed by atoms with Crippen LogP contribution in [0.15, 0.2) is 18.2 Å². The quantitative estimate of drug-likeness (QED) is 0.839. The van der Waals surface area contributed by atoms with Gasteiger partial charge in [0, 0.05) is 30.8 Å². The van der Waals surface area contributed by atoms with Crippen LogP contribution in [0.2, 0.25) is 0 Å². The standard InChI is InChI=1S/C19H30N2O3/c1-5-9-23-17-11-15(10-16(20)12-17)14-7-6-8-21(13-14)18(22)24-19(2,3)4/h10-12,14H,5-9,13,20H2,1-4H3. The fraction of sp³-hybridized carbons (Fsp3) is 0.632. The molecule has 1 heterocycles. The molecule has 5 nitrogen and oxygen atoms in total. The Morgan fingerprint density at radius 3 is 2.75 bits per heavy atom. The van der Waals surface area contributed by atoms with Crippen molar-refractivity contribution in [3.63, 3.8) is 0 Å². The first-order valence-electron chi connectivity index (χ1n) is 8.79. The summed E-state index contributed by atoms with van der Waals surface area (Å²) in [7, 11) is 0. The highest BCUT2D eigenvalue weighted by molar-refractivity contribution is 5.68. The van der Waals surface area contributed by atoms with E-state index in [1.165, 1.54) is 0 Å². The van der Waals surface area contributed by atoms with Gasteiger partial charge in [-0.2, -0.15) is 0 Å². The fourth-order valence-corrected chi connectivity index (χ4v) is 2.93. The molecule has 1 aromatic carbocycles. The monoisotopic (exact) mass is 334 g/mol. The zero-order valence-corrected chi connectivity index (χ0v) is 15.3.